The largest absolute Gasteiger partial charge is 0.486 e. The molecule has 0 bridgehead atoms. The molecule has 140 valence electrons. The Bertz CT molecular complexity index is 946. The average Bonchev–Trinajstić information content (AvgIpc) is 3.10. The van der Waals surface area contributed by atoms with Crippen LogP contribution in [0.4, 0.5) is 4.39 Å². The van der Waals surface area contributed by atoms with E-state index in [1.807, 2.05) is 13.0 Å². The molecule has 2 aromatic carbocycles. The van der Waals surface area contributed by atoms with Crippen LogP contribution < -0.4 is 4.74 Å². The lowest BCUT2D eigenvalue weighted by molar-refractivity contribution is 0.0994. The molecule has 0 unspecified atom stereocenters. The molecule has 0 spiro atoms. The minimum Gasteiger partial charge on any atom is -0.486 e. The van der Waals surface area contributed by atoms with Crippen LogP contribution in [0.2, 0.25) is 5.02 Å². The maximum atomic E-state index is 13.0. The normalized spacial score (nSPS) is 12.0. The molecule has 1 aromatic heterocycles. The minimum atomic E-state index is -0.404. The van der Waals surface area contributed by atoms with Crippen LogP contribution in [0.15, 0.2) is 47.6 Å². The second-order valence-corrected chi connectivity index (χ2v) is 7.61. The third kappa shape index (κ3) is 5.08. The van der Waals surface area contributed by atoms with Gasteiger partial charge in [-0.2, -0.15) is 0 Å². The molecular formula is C19H17ClFN3O2S. The first-order valence-corrected chi connectivity index (χ1v) is 9.45. The van der Waals surface area contributed by atoms with Gasteiger partial charge in [-0.05, 0) is 61.9 Å². The van der Waals surface area contributed by atoms with Crippen molar-refractivity contribution in [1.82, 2.24) is 15.2 Å². The number of nitrogens with zero attached hydrogens (tertiary/aromatic N) is 2. The predicted molar refractivity (Wildman–Crippen MR) is 103 cm³/mol. The van der Waals surface area contributed by atoms with Crippen LogP contribution in [0.25, 0.3) is 0 Å². The number of aromatic nitrogens is 3. The van der Waals surface area contributed by atoms with Gasteiger partial charge in [0.15, 0.2) is 11.6 Å². The number of hydrogen-bond acceptors (Lipinski definition) is 5. The Morgan fingerprint density at radius 3 is 2.74 bits per heavy atom. The van der Waals surface area contributed by atoms with Crippen molar-refractivity contribution in [3.63, 3.8) is 0 Å². The summed E-state index contributed by atoms with van der Waals surface area (Å²) in [5.74, 6) is 0.745. The van der Waals surface area contributed by atoms with Gasteiger partial charge in [-0.15, -0.1) is 5.10 Å². The molecule has 0 amide bonds. The lowest BCUT2D eigenvalue weighted by Crippen LogP contribution is -2.13. The number of aromatic amines is 1. The van der Waals surface area contributed by atoms with Gasteiger partial charge in [0.05, 0.1) is 5.25 Å². The summed E-state index contributed by atoms with van der Waals surface area (Å²) < 4.78 is 18.6. The molecule has 27 heavy (non-hydrogen) atoms. The van der Waals surface area contributed by atoms with E-state index in [0.717, 1.165) is 5.56 Å². The van der Waals surface area contributed by atoms with E-state index in [9.17, 15) is 9.18 Å². The van der Waals surface area contributed by atoms with Crippen LogP contribution in [0, 0.1) is 12.7 Å². The van der Waals surface area contributed by atoms with Gasteiger partial charge in [-0.3, -0.25) is 9.89 Å². The summed E-state index contributed by atoms with van der Waals surface area (Å²) in [6, 6.07) is 10.9. The molecule has 3 rings (SSSR count). The number of rotatable bonds is 7. The van der Waals surface area contributed by atoms with Crippen LogP contribution in [0.1, 0.15) is 28.7 Å². The highest BCUT2D eigenvalue weighted by molar-refractivity contribution is 8.00. The second-order valence-electron chi connectivity index (χ2n) is 5.90. The zero-order chi connectivity index (χ0) is 19.4. The van der Waals surface area contributed by atoms with E-state index in [4.69, 9.17) is 16.3 Å². The smallest absolute Gasteiger partial charge is 0.209 e. The van der Waals surface area contributed by atoms with Crippen LogP contribution in [0.3, 0.4) is 0 Å². The van der Waals surface area contributed by atoms with Crippen molar-refractivity contribution in [1.29, 1.82) is 0 Å². The molecular weight excluding hydrogens is 389 g/mol. The lowest BCUT2D eigenvalue weighted by atomic mass is 10.1. The molecule has 0 aliphatic carbocycles. The summed E-state index contributed by atoms with van der Waals surface area (Å²) in [6.45, 7) is 3.88. The van der Waals surface area contributed by atoms with Gasteiger partial charge in [-0.1, -0.05) is 23.4 Å². The molecule has 0 saturated carbocycles. The molecule has 0 aliphatic rings. The van der Waals surface area contributed by atoms with E-state index >= 15 is 0 Å². The number of nitrogens with one attached hydrogen (secondary N) is 1. The summed E-state index contributed by atoms with van der Waals surface area (Å²) >= 11 is 7.22. The Labute approximate surface area is 165 Å². The third-order valence-electron chi connectivity index (χ3n) is 3.80. The zero-order valence-corrected chi connectivity index (χ0v) is 16.3. The number of ether oxygens (including phenoxy) is 1. The van der Waals surface area contributed by atoms with Crippen molar-refractivity contribution < 1.29 is 13.9 Å². The van der Waals surface area contributed by atoms with Gasteiger partial charge in [0, 0.05) is 10.6 Å². The summed E-state index contributed by atoms with van der Waals surface area (Å²) in [4.78, 5) is 16.7. The van der Waals surface area contributed by atoms with Crippen LogP contribution in [-0.2, 0) is 6.61 Å². The molecule has 1 atom stereocenters. The summed E-state index contributed by atoms with van der Waals surface area (Å²) in [5.41, 5.74) is 1.38. The fourth-order valence-electron chi connectivity index (χ4n) is 2.31. The second kappa shape index (κ2) is 8.54. The minimum absolute atomic E-state index is 0.112. The van der Waals surface area contributed by atoms with E-state index in [0.29, 0.717) is 27.3 Å². The molecule has 0 radical (unpaired) electrons. The molecule has 0 fully saturated rings. The van der Waals surface area contributed by atoms with Gasteiger partial charge >= 0.3 is 0 Å². The molecule has 8 heteroatoms. The molecule has 1 N–H and O–H groups in total. The molecule has 3 aromatic rings. The highest BCUT2D eigenvalue weighted by atomic mass is 35.5. The number of aryl methyl sites for hydroxylation is 1. The zero-order valence-electron chi connectivity index (χ0n) is 14.7. The number of halogens is 2. The fourth-order valence-corrected chi connectivity index (χ4v) is 3.25. The van der Waals surface area contributed by atoms with Gasteiger partial charge in [-0.25, -0.2) is 9.37 Å². The molecule has 0 saturated heterocycles. The highest BCUT2D eigenvalue weighted by Gasteiger charge is 2.19. The van der Waals surface area contributed by atoms with Crippen molar-refractivity contribution in [3.8, 4) is 5.75 Å². The maximum absolute atomic E-state index is 13.0. The van der Waals surface area contributed by atoms with Crippen LogP contribution in [-0.4, -0.2) is 26.2 Å². The van der Waals surface area contributed by atoms with Crippen LogP contribution in [0.5, 0.6) is 5.75 Å². The first kappa shape index (κ1) is 19.4. The number of benzene rings is 2. The summed E-state index contributed by atoms with van der Waals surface area (Å²) in [5, 5.41) is 7.63. The number of hydrogen-bond donors (Lipinski definition) is 1. The van der Waals surface area contributed by atoms with Crippen molar-refractivity contribution in [2.75, 3.05) is 0 Å². The lowest BCUT2D eigenvalue weighted by Gasteiger charge is -2.07. The number of ketones is 1. The van der Waals surface area contributed by atoms with Gasteiger partial charge in [0.25, 0.3) is 0 Å². The van der Waals surface area contributed by atoms with Crippen molar-refractivity contribution in [2.24, 2.45) is 0 Å². The monoisotopic (exact) mass is 405 g/mol. The van der Waals surface area contributed by atoms with E-state index in [2.05, 4.69) is 15.2 Å². The summed E-state index contributed by atoms with van der Waals surface area (Å²) in [7, 11) is 0. The molecule has 1 heterocycles. The average molecular weight is 406 g/mol. The number of carbonyl (C=O) groups is 1. The van der Waals surface area contributed by atoms with Crippen molar-refractivity contribution in [2.45, 2.75) is 30.9 Å². The van der Waals surface area contributed by atoms with E-state index < -0.39 is 5.25 Å². The Morgan fingerprint density at radius 1 is 1.30 bits per heavy atom. The highest BCUT2D eigenvalue weighted by Crippen LogP contribution is 2.24. The first-order valence-electron chi connectivity index (χ1n) is 8.19. The summed E-state index contributed by atoms with van der Waals surface area (Å²) in [6.07, 6.45) is 0. The standard InChI is InChI=1S/C19H17ClFN3O2S/c1-11-9-15(7-8-16(11)20)26-10-17-22-19(24-23-17)27-12(2)18(25)13-3-5-14(21)6-4-13/h3-9,12H,10H2,1-2H3,(H,22,23,24)/t12-/m1/s1. The van der Waals surface area contributed by atoms with E-state index in [-0.39, 0.29) is 18.2 Å². The number of carbonyl (C=O) groups excluding carboxylic acids is 1. The number of Topliss-reactive ketones (excluding diaryl/α,β-unsaturated/α-hetero) is 1. The van der Waals surface area contributed by atoms with E-state index in [1.165, 1.54) is 36.0 Å². The SMILES string of the molecule is Cc1cc(OCc2nc(S[C@H](C)C(=O)c3ccc(F)cc3)n[nH]2)ccc1Cl. The Kier molecular flexibility index (Phi) is 6.13. The topological polar surface area (TPSA) is 67.9 Å². The van der Waals surface area contributed by atoms with Gasteiger partial charge in [0.2, 0.25) is 5.16 Å². The van der Waals surface area contributed by atoms with Gasteiger partial charge in [0.1, 0.15) is 18.2 Å². The van der Waals surface area contributed by atoms with Crippen molar-refractivity contribution in [3.05, 3.63) is 70.3 Å². The fraction of sp³-hybridized carbons (Fsp3) is 0.211. The quantitative estimate of drug-likeness (QED) is 0.449. The van der Waals surface area contributed by atoms with Crippen LogP contribution >= 0.6 is 23.4 Å². The third-order valence-corrected chi connectivity index (χ3v) is 5.18. The first-order chi connectivity index (χ1) is 12.9. The maximum Gasteiger partial charge on any atom is 0.209 e. The number of thioether (sulfide) groups is 1. The Balaban J connectivity index is 1.57. The number of H-pyrrole nitrogens is 1. The van der Waals surface area contributed by atoms with Gasteiger partial charge < -0.3 is 4.74 Å². The Hall–Kier alpha value is -2.38. The van der Waals surface area contributed by atoms with Crippen molar-refractivity contribution >= 4 is 29.1 Å². The molecule has 0 aliphatic heterocycles. The van der Waals surface area contributed by atoms with E-state index in [1.54, 1.807) is 19.1 Å². The predicted octanol–water partition coefficient (Wildman–Crippen LogP) is 4.85. The Morgan fingerprint density at radius 2 is 2.04 bits per heavy atom. The molecule has 5 nitrogen and oxygen atoms in total.